The van der Waals surface area contributed by atoms with Crippen molar-refractivity contribution < 1.29 is 9.18 Å². The van der Waals surface area contributed by atoms with Crippen LogP contribution in [-0.4, -0.2) is 19.0 Å². The van der Waals surface area contributed by atoms with Crippen LogP contribution in [0.15, 0.2) is 51.8 Å². The summed E-state index contributed by atoms with van der Waals surface area (Å²) < 4.78 is 13.6. The molecule has 0 aromatic rings. The fourth-order valence-electron chi connectivity index (χ4n) is 1.29. The van der Waals surface area contributed by atoms with E-state index in [0.29, 0.717) is 24.1 Å². The highest BCUT2D eigenvalue weighted by Crippen LogP contribution is 2.11. The minimum Gasteiger partial charge on any atom is -0.298 e. The SMILES string of the molecule is CC/C=C/C=C\C(F)=C(/C)CC/N=C\C(C=O)=C(C)C. The molecular weight excluding hydrogens is 253 g/mol. The second kappa shape index (κ2) is 11.1. The van der Waals surface area contributed by atoms with Gasteiger partial charge in [-0.3, -0.25) is 9.79 Å². The van der Waals surface area contributed by atoms with Gasteiger partial charge in [0.15, 0.2) is 6.29 Å². The summed E-state index contributed by atoms with van der Waals surface area (Å²) >= 11 is 0. The van der Waals surface area contributed by atoms with Gasteiger partial charge < -0.3 is 0 Å². The van der Waals surface area contributed by atoms with Crippen molar-refractivity contribution in [3.05, 3.63) is 46.9 Å². The molecule has 0 heterocycles. The Labute approximate surface area is 121 Å². The van der Waals surface area contributed by atoms with Crippen molar-refractivity contribution in [2.75, 3.05) is 6.54 Å². The van der Waals surface area contributed by atoms with Crippen LogP contribution in [0, 0.1) is 0 Å². The monoisotopic (exact) mass is 277 g/mol. The summed E-state index contributed by atoms with van der Waals surface area (Å²) in [5.41, 5.74) is 2.16. The Balaban J connectivity index is 4.41. The van der Waals surface area contributed by atoms with Gasteiger partial charge in [-0.15, -0.1) is 0 Å². The van der Waals surface area contributed by atoms with Crippen molar-refractivity contribution in [3.63, 3.8) is 0 Å². The number of carbonyl (C=O) groups excluding carboxylic acids is 1. The molecule has 0 saturated heterocycles. The number of aldehydes is 1. The Hall–Kier alpha value is -1.77. The molecule has 0 atom stereocenters. The molecule has 0 unspecified atom stereocenters. The lowest BCUT2D eigenvalue weighted by Gasteiger charge is -1.99. The van der Waals surface area contributed by atoms with Crippen LogP contribution in [0.2, 0.25) is 0 Å². The van der Waals surface area contributed by atoms with E-state index in [2.05, 4.69) is 4.99 Å². The molecular formula is C17H24FNO. The summed E-state index contributed by atoms with van der Waals surface area (Å²) in [5.74, 6) is -0.223. The first kappa shape index (κ1) is 18.2. The van der Waals surface area contributed by atoms with E-state index in [1.807, 2.05) is 32.9 Å². The molecule has 0 saturated carbocycles. The molecule has 0 aliphatic heterocycles. The van der Waals surface area contributed by atoms with Crippen LogP contribution in [0.5, 0.6) is 0 Å². The Kier molecular flexibility index (Phi) is 10.1. The van der Waals surface area contributed by atoms with Gasteiger partial charge in [0.25, 0.3) is 0 Å². The number of rotatable bonds is 8. The molecule has 110 valence electrons. The lowest BCUT2D eigenvalue weighted by molar-refractivity contribution is -0.104. The van der Waals surface area contributed by atoms with Crippen LogP contribution in [0.4, 0.5) is 4.39 Å². The smallest absolute Gasteiger partial charge is 0.151 e. The van der Waals surface area contributed by atoms with Crippen LogP contribution in [0.3, 0.4) is 0 Å². The second-order valence-electron chi connectivity index (χ2n) is 4.68. The lowest BCUT2D eigenvalue weighted by Crippen LogP contribution is -1.92. The number of carbonyl (C=O) groups is 1. The third-order valence-electron chi connectivity index (χ3n) is 2.68. The Bertz CT molecular complexity index is 450. The van der Waals surface area contributed by atoms with Gasteiger partial charge >= 0.3 is 0 Å². The summed E-state index contributed by atoms with van der Waals surface area (Å²) in [7, 11) is 0. The van der Waals surface area contributed by atoms with E-state index in [1.165, 1.54) is 6.08 Å². The third kappa shape index (κ3) is 8.35. The predicted octanol–water partition coefficient (Wildman–Crippen LogP) is 4.75. The van der Waals surface area contributed by atoms with E-state index in [-0.39, 0.29) is 5.83 Å². The van der Waals surface area contributed by atoms with E-state index in [4.69, 9.17) is 0 Å². The van der Waals surface area contributed by atoms with Crippen molar-refractivity contribution in [2.45, 2.75) is 40.5 Å². The highest BCUT2D eigenvalue weighted by Gasteiger charge is 1.97. The molecule has 0 amide bonds. The Morgan fingerprint density at radius 2 is 1.90 bits per heavy atom. The molecule has 2 nitrogen and oxygen atoms in total. The van der Waals surface area contributed by atoms with Gasteiger partial charge in [0, 0.05) is 18.3 Å². The number of nitrogens with zero attached hydrogens (tertiary/aromatic N) is 1. The van der Waals surface area contributed by atoms with Crippen molar-refractivity contribution in [2.24, 2.45) is 4.99 Å². The van der Waals surface area contributed by atoms with Crippen molar-refractivity contribution in [1.29, 1.82) is 0 Å². The van der Waals surface area contributed by atoms with Gasteiger partial charge in [-0.1, -0.05) is 30.7 Å². The second-order valence-corrected chi connectivity index (χ2v) is 4.68. The quantitative estimate of drug-likeness (QED) is 0.272. The molecule has 0 rings (SSSR count). The van der Waals surface area contributed by atoms with E-state index in [0.717, 1.165) is 18.3 Å². The van der Waals surface area contributed by atoms with E-state index >= 15 is 0 Å². The van der Waals surface area contributed by atoms with Gasteiger partial charge in [-0.2, -0.15) is 0 Å². The van der Waals surface area contributed by atoms with Crippen LogP contribution in [0.25, 0.3) is 0 Å². The first-order valence-corrected chi connectivity index (χ1v) is 6.83. The Morgan fingerprint density at radius 3 is 2.45 bits per heavy atom. The summed E-state index contributed by atoms with van der Waals surface area (Å²) in [6.45, 7) is 7.97. The number of allylic oxidation sites excluding steroid dienone is 7. The van der Waals surface area contributed by atoms with Gasteiger partial charge in [0.2, 0.25) is 0 Å². The molecule has 3 heteroatoms. The summed E-state index contributed by atoms with van der Waals surface area (Å²) in [6.07, 6.45) is 10.8. The molecule has 0 aliphatic rings. The molecule has 0 bridgehead atoms. The normalized spacial score (nSPS) is 13.2. The van der Waals surface area contributed by atoms with Gasteiger partial charge in [0.05, 0.1) is 0 Å². The topological polar surface area (TPSA) is 29.4 Å². The fourth-order valence-corrected chi connectivity index (χ4v) is 1.29. The highest BCUT2D eigenvalue weighted by atomic mass is 19.1. The van der Waals surface area contributed by atoms with Crippen LogP contribution in [-0.2, 0) is 4.79 Å². The summed E-state index contributed by atoms with van der Waals surface area (Å²) in [4.78, 5) is 14.9. The number of halogens is 1. The van der Waals surface area contributed by atoms with E-state index < -0.39 is 0 Å². The summed E-state index contributed by atoms with van der Waals surface area (Å²) in [6, 6.07) is 0. The molecule has 0 aromatic carbocycles. The standard InChI is InChI=1S/C17H24FNO/c1-5-6-7-8-9-17(18)15(4)10-11-19-12-16(13-20)14(2)3/h6-9,12-13H,5,10-11H2,1-4H3/b7-6+,9-8-,17-15-,19-12-. The molecule has 20 heavy (non-hydrogen) atoms. The molecule has 0 spiro atoms. The van der Waals surface area contributed by atoms with Gasteiger partial charge in [-0.05, 0) is 45.3 Å². The van der Waals surface area contributed by atoms with E-state index in [1.54, 1.807) is 19.2 Å². The number of hydrogen-bond acceptors (Lipinski definition) is 2. The average molecular weight is 277 g/mol. The van der Waals surface area contributed by atoms with Crippen LogP contribution < -0.4 is 0 Å². The van der Waals surface area contributed by atoms with Crippen LogP contribution in [0.1, 0.15) is 40.5 Å². The number of aliphatic imine (C=N–C) groups is 1. The highest BCUT2D eigenvalue weighted by molar-refractivity contribution is 6.02. The lowest BCUT2D eigenvalue weighted by atomic mass is 10.1. The first-order chi connectivity index (χ1) is 9.52. The van der Waals surface area contributed by atoms with Gasteiger partial charge in [0.1, 0.15) is 5.83 Å². The zero-order valence-electron chi connectivity index (χ0n) is 12.8. The maximum Gasteiger partial charge on any atom is 0.151 e. The molecule has 0 N–H and O–H groups in total. The summed E-state index contributed by atoms with van der Waals surface area (Å²) in [5, 5.41) is 0. The number of hydrogen-bond donors (Lipinski definition) is 0. The van der Waals surface area contributed by atoms with Crippen molar-refractivity contribution in [1.82, 2.24) is 0 Å². The largest absolute Gasteiger partial charge is 0.298 e. The first-order valence-electron chi connectivity index (χ1n) is 6.83. The predicted molar refractivity (Wildman–Crippen MR) is 84.8 cm³/mol. The molecule has 0 aromatic heterocycles. The maximum absolute atomic E-state index is 13.6. The molecule has 0 radical (unpaired) electrons. The third-order valence-corrected chi connectivity index (χ3v) is 2.68. The minimum atomic E-state index is -0.223. The molecule has 0 aliphatic carbocycles. The van der Waals surface area contributed by atoms with E-state index in [9.17, 15) is 9.18 Å². The molecule has 0 fully saturated rings. The van der Waals surface area contributed by atoms with Crippen molar-refractivity contribution >= 4 is 12.5 Å². The minimum absolute atomic E-state index is 0.223. The maximum atomic E-state index is 13.6. The fraction of sp³-hybridized carbons (Fsp3) is 0.412. The Morgan fingerprint density at radius 1 is 1.20 bits per heavy atom. The van der Waals surface area contributed by atoms with Gasteiger partial charge in [-0.25, -0.2) is 4.39 Å². The zero-order valence-corrected chi connectivity index (χ0v) is 12.8. The van der Waals surface area contributed by atoms with Crippen LogP contribution >= 0.6 is 0 Å². The average Bonchev–Trinajstić information content (AvgIpc) is 2.42. The van der Waals surface area contributed by atoms with Crippen molar-refractivity contribution in [3.8, 4) is 0 Å². The zero-order chi connectivity index (χ0) is 15.4.